The number of para-hydroxylation sites is 1. The van der Waals surface area contributed by atoms with E-state index < -0.39 is 17.9 Å². The van der Waals surface area contributed by atoms with Gasteiger partial charge in [-0.1, -0.05) is 54.1 Å². The van der Waals surface area contributed by atoms with E-state index in [-0.39, 0.29) is 13.2 Å². The second kappa shape index (κ2) is 14.3. The molecule has 11 heteroatoms. The molecule has 3 aromatic rings. The fourth-order valence-electron chi connectivity index (χ4n) is 4.04. The van der Waals surface area contributed by atoms with E-state index in [1.54, 1.807) is 32.0 Å². The van der Waals surface area contributed by atoms with E-state index in [1.165, 1.54) is 6.21 Å². The highest BCUT2D eigenvalue weighted by atomic mass is 35.5. The van der Waals surface area contributed by atoms with E-state index in [2.05, 4.69) is 21.2 Å². The average Bonchev–Trinajstić information content (AvgIpc) is 2.96. The van der Waals surface area contributed by atoms with Gasteiger partial charge in [-0.2, -0.15) is 5.10 Å². The van der Waals surface area contributed by atoms with E-state index in [1.807, 2.05) is 54.6 Å². The molecule has 1 amide bonds. The van der Waals surface area contributed by atoms with Crippen molar-refractivity contribution in [3.8, 4) is 11.5 Å². The van der Waals surface area contributed by atoms with Crippen LogP contribution in [0.2, 0.25) is 5.02 Å². The first-order valence-electron chi connectivity index (χ1n) is 12.8. The maximum atomic E-state index is 12.7. The van der Waals surface area contributed by atoms with Gasteiger partial charge in [-0.3, -0.25) is 4.79 Å². The lowest BCUT2D eigenvalue weighted by molar-refractivity contribution is -0.139. The number of allylic oxidation sites excluding steroid dienone is 1. The summed E-state index contributed by atoms with van der Waals surface area (Å²) < 4.78 is 16.9. The minimum atomic E-state index is -0.616. The number of carbonyl (C=O) groups is 2. The van der Waals surface area contributed by atoms with Crippen LogP contribution in [0.4, 0.5) is 0 Å². The largest absolute Gasteiger partial charge is 0.489 e. The zero-order valence-corrected chi connectivity index (χ0v) is 24.1. The average molecular weight is 593 g/mol. The summed E-state index contributed by atoms with van der Waals surface area (Å²) in [6, 6.07) is 21.2. The van der Waals surface area contributed by atoms with Crippen molar-refractivity contribution in [3.63, 3.8) is 0 Å². The van der Waals surface area contributed by atoms with Gasteiger partial charge in [0.2, 0.25) is 0 Å². The van der Waals surface area contributed by atoms with Crippen molar-refractivity contribution in [2.75, 3.05) is 13.2 Å². The number of benzene rings is 3. The first-order valence-corrected chi connectivity index (χ1v) is 13.6. The lowest BCUT2D eigenvalue weighted by atomic mass is 9.95. The summed E-state index contributed by atoms with van der Waals surface area (Å²) in [5.41, 5.74) is 5.79. The number of rotatable bonds is 11. The fraction of sp³-hybridized carbons (Fsp3) is 0.200. The van der Waals surface area contributed by atoms with E-state index in [0.29, 0.717) is 45.1 Å². The molecule has 0 saturated heterocycles. The quantitative estimate of drug-likeness (QED) is 0.126. The Bertz CT molecular complexity index is 1480. The number of esters is 1. The van der Waals surface area contributed by atoms with Gasteiger partial charge in [0.1, 0.15) is 18.1 Å². The first kappa shape index (κ1) is 29.6. The summed E-state index contributed by atoms with van der Waals surface area (Å²) in [7, 11) is 0. The third-order valence-electron chi connectivity index (χ3n) is 5.93. The van der Waals surface area contributed by atoms with Gasteiger partial charge in [0.15, 0.2) is 11.7 Å². The Morgan fingerprint density at radius 2 is 1.85 bits per heavy atom. The molecule has 1 aliphatic rings. The summed E-state index contributed by atoms with van der Waals surface area (Å²) in [5.74, 6) is 0.137. The number of ether oxygens (including phenoxy) is 3. The van der Waals surface area contributed by atoms with Gasteiger partial charge in [-0.05, 0) is 67.5 Å². The maximum Gasteiger partial charge on any atom is 0.338 e. The van der Waals surface area contributed by atoms with Gasteiger partial charge in [0.25, 0.3) is 5.91 Å². The van der Waals surface area contributed by atoms with Gasteiger partial charge in [0, 0.05) is 16.3 Å². The van der Waals surface area contributed by atoms with Crippen molar-refractivity contribution < 1.29 is 23.8 Å². The Morgan fingerprint density at radius 3 is 2.63 bits per heavy atom. The molecule has 1 atom stereocenters. The minimum absolute atomic E-state index is 0.229. The lowest BCUT2D eigenvalue weighted by Gasteiger charge is -2.30. The number of nitrogens with one attached hydrogen (secondary N) is 3. The monoisotopic (exact) mass is 592 g/mol. The van der Waals surface area contributed by atoms with Crippen LogP contribution in [0.1, 0.15) is 36.6 Å². The second-order valence-corrected chi connectivity index (χ2v) is 9.74. The minimum Gasteiger partial charge on any atom is -0.489 e. The van der Waals surface area contributed by atoms with Gasteiger partial charge in [-0.15, -0.1) is 0 Å². The van der Waals surface area contributed by atoms with Crippen LogP contribution in [0, 0.1) is 0 Å². The number of hydrogen-bond acceptors (Lipinski definition) is 7. The Hall–Kier alpha value is -4.41. The van der Waals surface area contributed by atoms with Crippen molar-refractivity contribution in [1.82, 2.24) is 16.1 Å². The molecule has 3 aromatic carbocycles. The fourth-order valence-corrected chi connectivity index (χ4v) is 4.44. The molecule has 41 heavy (non-hydrogen) atoms. The van der Waals surface area contributed by atoms with Gasteiger partial charge >= 0.3 is 5.97 Å². The van der Waals surface area contributed by atoms with Crippen LogP contribution >= 0.6 is 23.8 Å². The van der Waals surface area contributed by atoms with Crippen molar-refractivity contribution in [2.45, 2.75) is 26.5 Å². The van der Waals surface area contributed by atoms with E-state index >= 15 is 0 Å². The Balaban J connectivity index is 1.35. The topological polar surface area (TPSA) is 110 Å². The highest BCUT2D eigenvalue weighted by molar-refractivity contribution is 7.80. The molecule has 0 bridgehead atoms. The number of carbonyl (C=O) groups excluding carboxylic acids is 2. The van der Waals surface area contributed by atoms with Gasteiger partial charge in [0.05, 0.1) is 24.4 Å². The molecular weight excluding hydrogens is 564 g/mol. The molecule has 0 fully saturated rings. The molecule has 1 heterocycles. The molecular formula is C30H29ClN4O5S. The standard InChI is InChI=1S/C30H29ClN4O5S/c1-3-38-29(37)27-19(2)33-30(41)34-28(27)24-9-4-5-10-25(24)40-18-26(36)35-32-16-21-7-6-8-23(15-21)39-17-20-11-13-22(31)14-12-20/h4-16,28H,3,17-18H2,1-2H3,(H,35,36)(H2,33,34,41)/t28-/m0/s1. The molecule has 212 valence electrons. The van der Waals surface area contributed by atoms with Crippen LogP contribution in [-0.4, -0.2) is 36.4 Å². The number of amides is 1. The van der Waals surface area contributed by atoms with Crippen molar-refractivity contribution in [2.24, 2.45) is 5.10 Å². The van der Waals surface area contributed by atoms with Gasteiger partial charge < -0.3 is 24.8 Å². The normalized spacial score (nSPS) is 14.7. The first-order chi connectivity index (χ1) is 19.8. The number of hydrogen-bond donors (Lipinski definition) is 3. The van der Waals surface area contributed by atoms with Crippen LogP contribution in [0.25, 0.3) is 0 Å². The van der Waals surface area contributed by atoms with E-state index in [4.69, 9.17) is 38.0 Å². The van der Waals surface area contributed by atoms with Gasteiger partial charge in [-0.25, -0.2) is 10.2 Å². The highest BCUT2D eigenvalue weighted by Crippen LogP contribution is 2.33. The van der Waals surface area contributed by atoms with E-state index in [9.17, 15) is 9.59 Å². The molecule has 0 aliphatic carbocycles. The molecule has 0 spiro atoms. The third kappa shape index (κ3) is 8.29. The zero-order valence-electron chi connectivity index (χ0n) is 22.5. The number of halogens is 1. The second-order valence-electron chi connectivity index (χ2n) is 8.90. The van der Waals surface area contributed by atoms with Crippen molar-refractivity contribution in [3.05, 3.63) is 106 Å². The summed E-state index contributed by atoms with van der Waals surface area (Å²) in [6.07, 6.45) is 1.51. The summed E-state index contributed by atoms with van der Waals surface area (Å²) in [6.45, 7) is 3.81. The van der Waals surface area contributed by atoms with Crippen LogP contribution < -0.4 is 25.5 Å². The van der Waals surface area contributed by atoms with Crippen LogP contribution in [0.15, 0.2) is 89.2 Å². The zero-order chi connectivity index (χ0) is 29.2. The smallest absolute Gasteiger partial charge is 0.338 e. The molecule has 0 aromatic heterocycles. The summed E-state index contributed by atoms with van der Waals surface area (Å²) >= 11 is 11.2. The molecule has 4 rings (SSSR count). The predicted octanol–water partition coefficient (Wildman–Crippen LogP) is 4.80. The molecule has 0 saturated carbocycles. The Morgan fingerprint density at radius 1 is 1.07 bits per heavy atom. The number of nitrogens with zero attached hydrogens (tertiary/aromatic N) is 1. The summed E-state index contributed by atoms with van der Waals surface area (Å²) in [4.78, 5) is 25.2. The number of hydrazone groups is 1. The third-order valence-corrected chi connectivity index (χ3v) is 6.40. The van der Waals surface area contributed by atoms with Crippen LogP contribution in [0.3, 0.4) is 0 Å². The summed E-state index contributed by atoms with van der Waals surface area (Å²) in [5, 5.41) is 11.1. The van der Waals surface area contributed by atoms with Crippen molar-refractivity contribution >= 4 is 47.0 Å². The van der Waals surface area contributed by atoms with Crippen molar-refractivity contribution in [1.29, 1.82) is 0 Å². The predicted molar refractivity (Wildman–Crippen MR) is 161 cm³/mol. The van der Waals surface area contributed by atoms with Crippen LogP contribution in [0.5, 0.6) is 11.5 Å². The Labute approximate surface area is 248 Å². The number of thiocarbonyl (C=S) groups is 1. The van der Waals surface area contributed by atoms with E-state index in [0.717, 1.165) is 11.1 Å². The molecule has 9 nitrogen and oxygen atoms in total. The SMILES string of the molecule is CCOC(=O)C1=C(C)NC(=S)N[C@H]1c1ccccc1OCC(=O)NN=Cc1cccc(OCc2ccc(Cl)cc2)c1. The molecule has 0 radical (unpaired) electrons. The Kier molecular flexibility index (Phi) is 10.3. The molecule has 1 aliphatic heterocycles. The lowest BCUT2D eigenvalue weighted by Crippen LogP contribution is -2.45. The molecule has 3 N–H and O–H groups in total. The highest BCUT2D eigenvalue weighted by Gasteiger charge is 2.32. The van der Waals surface area contributed by atoms with Crippen LogP contribution in [-0.2, 0) is 20.9 Å². The maximum absolute atomic E-state index is 12.7. The molecule has 0 unspecified atom stereocenters.